The van der Waals surface area contributed by atoms with Crippen molar-refractivity contribution in [1.82, 2.24) is 0 Å². The highest BCUT2D eigenvalue weighted by Crippen LogP contribution is 2.30. The Kier molecular flexibility index (Phi) is 3.92. The van der Waals surface area contributed by atoms with Crippen LogP contribution in [0.3, 0.4) is 0 Å². The molecule has 0 amide bonds. The maximum absolute atomic E-state index is 9.48. The van der Waals surface area contributed by atoms with Crippen molar-refractivity contribution in [2.75, 3.05) is 0 Å². The van der Waals surface area contributed by atoms with Gasteiger partial charge in [-0.25, -0.2) is 0 Å². The van der Waals surface area contributed by atoms with Crippen LogP contribution in [0, 0.1) is 13.8 Å². The molecule has 0 bridgehead atoms. The molecule has 0 radical (unpaired) electrons. The number of rotatable bonds is 3. The van der Waals surface area contributed by atoms with Crippen molar-refractivity contribution in [1.29, 1.82) is 0 Å². The predicted octanol–water partition coefficient (Wildman–Crippen LogP) is 3.92. The van der Waals surface area contributed by atoms with E-state index in [1.54, 1.807) is 18.2 Å². The maximum atomic E-state index is 9.48. The number of aliphatic hydroxyl groups excluding tert-OH is 1. The number of azo groups is 1. The molecule has 0 aromatic heterocycles. The van der Waals surface area contributed by atoms with Crippen molar-refractivity contribution in [3.63, 3.8) is 0 Å². The zero-order chi connectivity index (χ0) is 13.8. The molecule has 98 valence electrons. The molecule has 0 heterocycles. The van der Waals surface area contributed by atoms with Crippen LogP contribution in [0.4, 0.5) is 11.4 Å². The van der Waals surface area contributed by atoms with Crippen LogP contribution in [0.1, 0.15) is 16.7 Å². The molecule has 4 nitrogen and oxygen atoms in total. The molecule has 0 spiro atoms. The van der Waals surface area contributed by atoms with Crippen molar-refractivity contribution < 1.29 is 10.2 Å². The Labute approximate surface area is 112 Å². The lowest BCUT2D eigenvalue weighted by atomic mass is 10.1. The lowest BCUT2D eigenvalue weighted by molar-refractivity contribution is 0.282. The van der Waals surface area contributed by atoms with Crippen molar-refractivity contribution in [2.45, 2.75) is 20.5 Å². The van der Waals surface area contributed by atoms with Crippen LogP contribution in [0.2, 0.25) is 0 Å². The third kappa shape index (κ3) is 2.98. The van der Waals surface area contributed by atoms with Crippen molar-refractivity contribution in [3.8, 4) is 5.75 Å². The van der Waals surface area contributed by atoms with Crippen LogP contribution in [0.15, 0.2) is 46.6 Å². The average molecular weight is 256 g/mol. The molecule has 0 fully saturated rings. The summed E-state index contributed by atoms with van der Waals surface area (Å²) in [4.78, 5) is 0. The molecule has 0 unspecified atom stereocenters. The SMILES string of the molecule is Cc1cc(O)cc(C)c1/N=N/c1ccccc1CO. The van der Waals surface area contributed by atoms with Gasteiger partial charge in [-0.3, -0.25) is 0 Å². The fraction of sp³-hybridized carbons (Fsp3) is 0.200. The van der Waals surface area contributed by atoms with Crippen molar-refractivity contribution in [3.05, 3.63) is 53.1 Å². The molecule has 4 heteroatoms. The normalized spacial score (nSPS) is 11.1. The topological polar surface area (TPSA) is 65.2 Å². The molecule has 0 aliphatic carbocycles. The number of hydrogen-bond donors (Lipinski definition) is 2. The number of phenolic OH excluding ortho intramolecular Hbond substituents is 1. The first-order valence-corrected chi connectivity index (χ1v) is 6.02. The Hall–Kier alpha value is -2.20. The van der Waals surface area contributed by atoms with Gasteiger partial charge in [0.2, 0.25) is 0 Å². The zero-order valence-electron chi connectivity index (χ0n) is 11.0. The van der Waals surface area contributed by atoms with Gasteiger partial charge in [-0.2, -0.15) is 5.11 Å². The summed E-state index contributed by atoms with van der Waals surface area (Å²) in [7, 11) is 0. The molecular weight excluding hydrogens is 240 g/mol. The Bertz CT molecular complexity index is 598. The predicted molar refractivity (Wildman–Crippen MR) is 74.1 cm³/mol. The number of hydrogen-bond acceptors (Lipinski definition) is 4. The van der Waals surface area contributed by atoms with Crippen LogP contribution < -0.4 is 0 Å². The second-order valence-corrected chi connectivity index (χ2v) is 4.41. The lowest BCUT2D eigenvalue weighted by Gasteiger charge is -2.05. The monoisotopic (exact) mass is 256 g/mol. The number of nitrogens with zero attached hydrogens (tertiary/aromatic N) is 2. The summed E-state index contributed by atoms with van der Waals surface area (Å²) in [5.41, 5.74) is 3.85. The van der Waals surface area contributed by atoms with E-state index in [1.165, 1.54) is 0 Å². The Morgan fingerprint density at radius 3 is 2.26 bits per heavy atom. The van der Waals surface area contributed by atoms with Gasteiger partial charge in [0.05, 0.1) is 18.0 Å². The fourth-order valence-corrected chi connectivity index (χ4v) is 1.94. The van der Waals surface area contributed by atoms with Crippen LogP contribution in [-0.2, 0) is 6.61 Å². The summed E-state index contributed by atoms with van der Waals surface area (Å²) in [6.07, 6.45) is 0. The molecule has 2 rings (SSSR count). The highest BCUT2D eigenvalue weighted by atomic mass is 16.3. The van der Waals surface area contributed by atoms with Crippen LogP contribution in [-0.4, -0.2) is 10.2 Å². The van der Waals surface area contributed by atoms with E-state index in [0.29, 0.717) is 5.69 Å². The number of phenols is 1. The third-order valence-corrected chi connectivity index (χ3v) is 2.90. The molecular formula is C15H16N2O2. The van der Waals surface area contributed by atoms with Gasteiger partial charge in [-0.1, -0.05) is 18.2 Å². The first kappa shape index (κ1) is 13.2. The third-order valence-electron chi connectivity index (χ3n) is 2.90. The van der Waals surface area contributed by atoms with E-state index in [9.17, 15) is 10.2 Å². The molecule has 2 aromatic carbocycles. The van der Waals surface area contributed by atoms with E-state index in [0.717, 1.165) is 22.4 Å². The Morgan fingerprint density at radius 1 is 1.00 bits per heavy atom. The molecule has 2 N–H and O–H groups in total. The van der Waals surface area contributed by atoms with Gasteiger partial charge in [0.15, 0.2) is 0 Å². The Balaban J connectivity index is 2.38. The molecule has 0 aliphatic heterocycles. The summed E-state index contributed by atoms with van der Waals surface area (Å²) in [6.45, 7) is 3.68. The second-order valence-electron chi connectivity index (χ2n) is 4.41. The first-order valence-electron chi connectivity index (χ1n) is 6.02. The van der Waals surface area contributed by atoms with Crippen LogP contribution >= 0.6 is 0 Å². The summed E-state index contributed by atoms with van der Waals surface area (Å²) >= 11 is 0. The van der Waals surface area contributed by atoms with E-state index in [1.807, 2.05) is 32.0 Å². The van der Waals surface area contributed by atoms with E-state index in [2.05, 4.69) is 10.2 Å². The van der Waals surface area contributed by atoms with Gasteiger partial charge in [-0.05, 0) is 43.2 Å². The molecule has 2 aromatic rings. The van der Waals surface area contributed by atoms with Gasteiger partial charge in [-0.15, -0.1) is 5.11 Å². The van der Waals surface area contributed by atoms with Gasteiger partial charge in [0.1, 0.15) is 5.75 Å². The number of aromatic hydroxyl groups is 1. The van der Waals surface area contributed by atoms with Crippen LogP contribution in [0.25, 0.3) is 0 Å². The molecule has 0 aliphatic rings. The highest BCUT2D eigenvalue weighted by molar-refractivity contribution is 5.55. The Morgan fingerprint density at radius 2 is 1.63 bits per heavy atom. The van der Waals surface area contributed by atoms with Gasteiger partial charge in [0.25, 0.3) is 0 Å². The summed E-state index contributed by atoms with van der Waals surface area (Å²) < 4.78 is 0. The smallest absolute Gasteiger partial charge is 0.116 e. The van der Waals surface area contributed by atoms with E-state index in [-0.39, 0.29) is 12.4 Å². The van der Waals surface area contributed by atoms with Gasteiger partial charge >= 0.3 is 0 Å². The maximum Gasteiger partial charge on any atom is 0.116 e. The highest BCUT2D eigenvalue weighted by Gasteiger charge is 2.04. The second kappa shape index (κ2) is 5.63. The minimum Gasteiger partial charge on any atom is -0.508 e. The summed E-state index contributed by atoms with van der Waals surface area (Å²) in [5, 5.41) is 27.1. The standard InChI is InChI=1S/C15H16N2O2/c1-10-7-13(19)8-11(2)15(10)17-16-14-6-4-3-5-12(14)9-18/h3-8,18-19H,9H2,1-2H3/b17-16+. The van der Waals surface area contributed by atoms with Crippen LogP contribution in [0.5, 0.6) is 5.75 Å². The summed E-state index contributed by atoms with van der Waals surface area (Å²) in [6, 6.07) is 10.6. The first-order chi connectivity index (χ1) is 9.11. The molecule has 19 heavy (non-hydrogen) atoms. The summed E-state index contributed by atoms with van der Waals surface area (Å²) in [5.74, 6) is 0.227. The van der Waals surface area contributed by atoms with Gasteiger partial charge < -0.3 is 10.2 Å². The molecule has 0 saturated carbocycles. The van der Waals surface area contributed by atoms with Crippen molar-refractivity contribution in [2.24, 2.45) is 10.2 Å². The van der Waals surface area contributed by atoms with Gasteiger partial charge in [0, 0.05) is 5.56 Å². The van der Waals surface area contributed by atoms with E-state index < -0.39 is 0 Å². The number of aryl methyl sites for hydroxylation is 2. The average Bonchev–Trinajstić information content (AvgIpc) is 2.38. The van der Waals surface area contributed by atoms with E-state index in [4.69, 9.17) is 0 Å². The number of aliphatic hydroxyl groups is 1. The number of benzene rings is 2. The molecule has 0 atom stereocenters. The largest absolute Gasteiger partial charge is 0.508 e. The van der Waals surface area contributed by atoms with E-state index >= 15 is 0 Å². The van der Waals surface area contributed by atoms with Crippen molar-refractivity contribution >= 4 is 11.4 Å². The quantitative estimate of drug-likeness (QED) is 0.817. The minimum atomic E-state index is -0.0667. The lowest BCUT2D eigenvalue weighted by Crippen LogP contribution is -1.83. The molecule has 0 saturated heterocycles. The fourth-order valence-electron chi connectivity index (χ4n) is 1.94. The minimum absolute atomic E-state index is 0.0667. The zero-order valence-corrected chi connectivity index (χ0v) is 11.0.